The van der Waals surface area contributed by atoms with Gasteiger partial charge >= 0.3 is 12.1 Å². The number of ether oxygens (including phenoxy) is 1. The highest BCUT2D eigenvalue weighted by molar-refractivity contribution is 5.90. The average Bonchev–Trinajstić information content (AvgIpc) is 2.74. The summed E-state index contributed by atoms with van der Waals surface area (Å²) in [5, 5.41) is 0.299. The summed E-state index contributed by atoms with van der Waals surface area (Å²) in [6, 6.07) is 2.25. The van der Waals surface area contributed by atoms with E-state index in [0.29, 0.717) is 16.5 Å². The summed E-state index contributed by atoms with van der Waals surface area (Å²) in [4.78, 5) is 11.7. The Balaban J connectivity index is 2.56. The Morgan fingerprint density at radius 3 is 2.67 bits per heavy atom. The molecule has 114 valence electrons. The highest BCUT2D eigenvalue weighted by Gasteiger charge is 2.31. The molecule has 1 heterocycles. The van der Waals surface area contributed by atoms with Crippen LogP contribution in [-0.2, 0) is 22.8 Å². The van der Waals surface area contributed by atoms with Gasteiger partial charge in [-0.1, -0.05) is 0 Å². The Hall–Kier alpha value is -2.02. The van der Waals surface area contributed by atoms with Gasteiger partial charge in [0.1, 0.15) is 6.04 Å². The van der Waals surface area contributed by atoms with Gasteiger partial charge in [0.25, 0.3) is 0 Å². The molecule has 1 aromatic carbocycles. The summed E-state index contributed by atoms with van der Waals surface area (Å²) >= 11 is 0. The van der Waals surface area contributed by atoms with E-state index in [1.54, 1.807) is 24.7 Å². The van der Waals surface area contributed by atoms with Crippen molar-refractivity contribution < 1.29 is 22.7 Å². The molecule has 0 saturated carbocycles. The number of carbonyl (C=O) groups is 1. The minimum atomic E-state index is -4.45. The molecule has 0 aliphatic heterocycles. The summed E-state index contributed by atoms with van der Waals surface area (Å²) in [6.45, 7) is 1.79. The molecule has 0 saturated heterocycles. The fourth-order valence-electron chi connectivity index (χ4n) is 2.21. The van der Waals surface area contributed by atoms with Crippen LogP contribution >= 0.6 is 0 Å². The summed E-state index contributed by atoms with van der Waals surface area (Å²) in [5.74, 6) is -0.664. The molecular weight excluding hydrogens is 285 g/mol. The quantitative estimate of drug-likeness (QED) is 0.887. The zero-order valence-corrected chi connectivity index (χ0v) is 11.6. The first kappa shape index (κ1) is 15.4. The molecule has 2 rings (SSSR count). The number of carbonyl (C=O) groups excluding carboxylic acids is 1. The Morgan fingerprint density at radius 1 is 1.43 bits per heavy atom. The minimum absolute atomic E-state index is 0.158. The molecule has 0 fully saturated rings. The highest BCUT2D eigenvalue weighted by atomic mass is 19.4. The topological polar surface area (TPSA) is 57.2 Å². The van der Waals surface area contributed by atoms with Crippen molar-refractivity contribution in [3.63, 3.8) is 0 Å². The van der Waals surface area contributed by atoms with Crippen LogP contribution in [0.5, 0.6) is 0 Å². The van der Waals surface area contributed by atoms with Crippen LogP contribution in [0.3, 0.4) is 0 Å². The zero-order valence-electron chi connectivity index (χ0n) is 11.6. The van der Waals surface area contributed by atoms with Crippen molar-refractivity contribution in [3.8, 4) is 0 Å². The summed E-state index contributed by atoms with van der Waals surface area (Å²) in [6.07, 6.45) is -2.90. The highest BCUT2D eigenvalue weighted by Crippen LogP contribution is 2.34. The van der Waals surface area contributed by atoms with E-state index in [0.717, 1.165) is 12.1 Å². The molecular formula is C14H15F3N2O2. The third kappa shape index (κ3) is 2.87. The molecule has 21 heavy (non-hydrogen) atoms. The van der Waals surface area contributed by atoms with Gasteiger partial charge in [0.05, 0.1) is 12.2 Å². The van der Waals surface area contributed by atoms with Crippen molar-refractivity contribution in [3.05, 3.63) is 35.5 Å². The van der Waals surface area contributed by atoms with Crippen LogP contribution in [0.2, 0.25) is 0 Å². The van der Waals surface area contributed by atoms with Crippen molar-refractivity contribution in [1.82, 2.24) is 4.57 Å². The second kappa shape index (κ2) is 5.40. The normalized spacial score (nSPS) is 13.4. The lowest BCUT2D eigenvalue weighted by Crippen LogP contribution is -2.23. The molecule has 0 aliphatic rings. The van der Waals surface area contributed by atoms with E-state index in [1.807, 2.05) is 0 Å². The maximum Gasteiger partial charge on any atom is 0.416 e. The molecule has 0 aliphatic carbocycles. The first-order valence-electron chi connectivity index (χ1n) is 6.34. The van der Waals surface area contributed by atoms with Gasteiger partial charge in [-0.25, -0.2) is 4.79 Å². The number of esters is 1. The Labute approximate surface area is 119 Å². The summed E-state index contributed by atoms with van der Waals surface area (Å²) in [7, 11) is 1.68. The molecule has 4 nitrogen and oxygen atoms in total. The molecule has 0 bridgehead atoms. The number of benzene rings is 1. The van der Waals surface area contributed by atoms with Crippen LogP contribution in [0.25, 0.3) is 10.9 Å². The number of hydrogen-bond donors (Lipinski definition) is 1. The Bertz CT molecular complexity index is 677. The summed E-state index contributed by atoms with van der Waals surface area (Å²) < 4.78 is 44.9. The molecule has 0 spiro atoms. The van der Waals surface area contributed by atoms with E-state index < -0.39 is 23.8 Å². The standard InChI is InChI=1S/C14H15F3N2O2/c1-3-21-13(20)12(18)10-7-19(2)11-5-4-8(6-9(10)11)14(15,16)17/h4-7,12H,3,18H2,1-2H3. The predicted octanol–water partition coefficient (Wildman–Crippen LogP) is 2.76. The van der Waals surface area contributed by atoms with Crippen LogP contribution in [0.15, 0.2) is 24.4 Å². The van der Waals surface area contributed by atoms with E-state index in [9.17, 15) is 18.0 Å². The second-order valence-electron chi connectivity index (χ2n) is 4.65. The largest absolute Gasteiger partial charge is 0.465 e. The second-order valence-corrected chi connectivity index (χ2v) is 4.65. The van der Waals surface area contributed by atoms with Crippen molar-refractivity contribution in [1.29, 1.82) is 0 Å². The molecule has 0 amide bonds. The average molecular weight is 300 g/mol. The zero-order chi connectivity index (χ0) is 15.8. The van der Waals surface area contributed by atoms with Crippen molar-refractivity contribution in [2.45, 2.75) is 19.1 Å². The number of rotatable bonds is 3. The van der Waals surface area contributed by atoms with E-state index in [-0.39, 0.29) is 6.61 Å². The third-order valence-corrected chi connectivity index (χ3v) is 3.22. The Kier molecular flexibility index (Phi) is 3.95. The fourth-order valence-corrected chi connectivity index (χ4v) is 2.21. The SMILES string of the molecule is CCOC(=O)C(N)c1cn(C)c2ccc(C(F)(F)F)cc12. The lowest BCUT2D eigenvalue weighted by atomic mass is 10.0. The van der Waals surface area contributed by atoms with Gasteiger partial charge in [-0.05, 0) is 25.1 Å². The van der Waals surface area contributed by atoms with Gasteiger partial charge < -0.3 is 15.0 Å². The van der Waals surface area contributed by atoms with Gasteiger partial charge in [0.15, 0.2) is 0 Å². The van der Waals surface area contributed by atoms with Gasteiger partial charge in [-0.2, -0.15) is 13.2 Å². The van der Waals surface area contributed by atoms with Crippen LogP contribution in [0, 0.1) is 0 Å². The number of halogens is 3. The number of hydrogen-bond acceptors (Lipinski definition) is 3. The number of aryl methyl sites for hydroxylation is 1. The maximum absolute atomic E-state index is 12.8. The van der Waals surface area contributed by atoms with Gasteiger partial charge in [-0.3, -0.25) is 0 Å². The van der Waals surface area contributed by atoms with E-state index in [1.165, 1.54) is 6.07 Å². The lowest BCUT2D eigenvalue weighted by molar-refractivity contribution is -0.144. The molecule has 2 N–H and O–H groups in total. The molecule has 0 radical (unpaired) electrons. The predicted molar refractivity (Wildman–Crippen MR) is 71.5 cm³/mol. The number of nitrogens with zero attached hydrogens (tertiary/aromatic N) is 1. The van der Waals surface area contributed by atoms with Crippen LogP contribution in [0.4, 0.5) is 13.2 Å². The lowest BCUT2D eigenvalue weighted by Gasteiger charge is -2.11. The van der Waals surface area contributed by atoms with Gasteiger partial charge in [-0.15, -0.1) is 0 Å². The van der Waals surface area contributed by atoms with E-state index >= 15 is 0 Å². The molecule has 1 unspecified atom stereocenters. The van der Waals surface area contributed by atoms with Gasteiger partial charge in [0, 0.05) is 29.7 Å². The van der Waals surface area contributed by atoms with Crippen LogP contribution < -0.4 is 5.73 Å². The van der Waals surface area contributed by atoms with Crippen LogP contribution in [-0.4, -0.2) is 17.1 Å². The van der Waals surface area contributed by atoms with Crippen molar-refractivity contribution >= 4 is 16.9 Å². The van der Waals surface area contributed by atoms with Crippen LogP contribution in [0.1, 0.15) is 24.1 Å². The number of alkyl halides is 3. The minimum Gasteiger partial charge on any atom is -0.465 e. The van der Waals surface area contributed by atoms with E-state index in [4.69, 9.17) is 10.5 Å². The first-order chi connectivity index (χ1) is 9.75. The maximum atomic E-state index is 12.8. The Morgan fingerprint density at radius 2 is 2.10 bits per heavy atom. The number of fused-ring (bicyclic) bond motifs is 1. The fraction of sp³-hybridized carbons (Fsp3) is 0.357. The summed E-state index contributed by atoms with van der Waals surface area (Å²) in [5.41, 5.74) is 5.90. The monoisotopic (exact) mass is 300 g/mol. The third-order valence-electron chi connectivity index (χ3n) is 3.22. The molecule has 1 atom stereocenters. The molecule has 7 heteroatoms. The number of aromatic nitrogens is 1. The van der Waals surface area contributed by atoms with Crippen molar-refractivity contribution in [2.75, 3.05) is 6.61 Å². The smallest absolute Gasteiger partial charge is 0.416 e. The molecule has 1 aromatic heterocycles. The first-order valence-corrected chi connectivity index (χ1v) is 6.34. The molecule has 2 aromatic rings. The van der Waals surface area contributed by atoms with Gasteiger partial charge in [0.2, 0.25) is 0 Å². The van der Waals surface area contributed by atoms with E-state index in [2.05, 4.69) is 0 Å². The van der Waals surface area contributed by atoms with Crippen molar-refractivity contribution in [2.24, 2.45) is 12.8 Å². The number of nitrogens with two attached hydrogens (primary N) is 1.